The molecule has 180 valence electrons. The summed E-state index contributed by atoms with van der Waals surface area (Å²) >= 11 is 0. The van der Waals surface area contributed by atoms with Gasteiger partial charge in [0.1, 0.15) is 23.0 Å². The van der Waals surface area contributed by atoms with Crippen LogP contribution < -0.4 is 0 Å². The van der Waals surface area contributed by atoms with Gasteiger partial charge in [-0.3, -0.25) is 4.98 Å². The molecular weight excluding hydrogens is 426 g/mol. The van der Waals surface area contributed by atoms with Gasteiger partial charge in [0.25, 0.3) is 0 Å². The molecule has 2 saturated carbocycles. The molecule has 33 heavy (non-hydrogen) atoms. The number of pyridine rings is 1. The Kier molecular flexibility index (Phi) is 4.43. The van der Waals surface area contributed by atoms with Crippen LogP contribution in [0.25, 0.3) is 5.57 Å². The molecule has 7 heteroatoms. The predicted octanol–water partition coefficient (Wildman–Crippen LogP) is 3.45. The summed E-state index contributed by atoms with van der Waals surface area (Å²) in [6, 6.07) is 3.52. The first kappa shape index (κ1) is 22.1. The molecule has 2 saturated heterocycles. The maximum absolute atomic E-state index is 17.0. The van der Waals surface area contributed by atoms with Gasteiger partial charge in [-0.05, 0) is 75.2 Å². The van der Waals surface area contributed by atoms with Crippen molar-refractivity contribution < 1.29 is 23.7 Å². The maximum Gasteiger partial charge on any atom is 0.171 e. The number of halogens is 2. The second kappa shape index (κ2) is 6.62. The quantitative estimate of drug-likeness (QED) is 0.708. The summed E-state index contributed by atoms with van der Waals surface area (Å²) in [4.78, 5) is 6.11. The summed E-state index contributed by atoms with van der Waals surface area (Å²) < 4.78 is 40.5. The van der Waals surface area contributed by atoms with E-state index < -0.39 is 47.2 Å². The predicted molar refractivity (Wildman–Crippen MR) is 120 cm³/mol. The fourth-order valence-corrected chi connectivity index (χ4v) is 8.50. The van der Waals surface area contributed by atoms with Crippen LogP contribution >= 0.6 is 0 Å². The molecule has 2 aliphatic heterocycles. The third kappa shape index (κ3) is 2.47. The molecule has 0 aromatic carbocycles. The number of nitrogens with zero attached hydrogens (tertiary/aromatic N) is 2. The van der Waals surface area contributed by atoms with Crippen molar-refractivity contribution in [2.24, 2.45) is 11.3 Å². The molecule has 2 N–H and O–H groups in total. The summed E-state index contributed by atoms with van der Waals surface area (Å²) in [6.07, 6.45) is 4.94. The number of rotatable bonds is 2. The average Bonchev–Trinajstić information content (AvgIpc) is 3.33. The van der Waals surface area contributed by atoms with E-state index in [1.807, 2.05) is 37.3 Å². The smallest absolute Gasteiger partial charge is 0.171 e. The van der Waals surface area contributed by atoms with E-state index in [1.165, 1.54) is 5.57 Å². The molecule has 0 radical (unpaired) electrons. The first-order valence-electron chi connectivity index (χ1n) is 12.2. The molecule has 3 unspecified atom stereocenters. The van der Waals surface area contributed by atoms with Crippen molar-refractivity contribution in [3.8, 4) is 0 Å². The number of likely N-dealkylation sites (N-methyl/N-ethyl adjacent to an activating group) is 1. The standard InChI is InChI=1S/C26H34F2N2O3/c1-22-8-9-23(27)15-25(28)21(32)20(31)18(30(2)3)13-24(25)10-11-26(23,33-24)19(22)7-6-17(22)16-5-4-12-29-14-16/h4-6,12,14,18-21,31-32H,7-11,13,15H2,1-3H3/t18-,19?,20+,21-,22+,23?,24+,25?,26-/m0/s1. The highest BCUT2D eigenvalue weighted by molar-refractivity contribution is 5.73. The second-order valence-electron chi connectivity index (χ2n) is 11.7. The van der Waals surface area contributed by atoms with E-state index in [0.717, 1.165) is 5.56 Å². The highest BCUT2D eigenvalue weighted by atomic mass is 19.2. The number of fused-ring (bicyclic) bond motifs is 1. The van der Waals surface area contributed by atoms with Crippen LogP contribution in [0.2, 0.25) is 0 Å². The molecule has 4 fully saturated rings. The minimum Gasteiger partial charge on any atom is -0.389 e. The molecule has 2 spiro atoms. The number of hydrogen-bond donors (Lipinski definition) is 2. The van der Waals surface area contributed by atoms with E-state index in [2.05, 4.69) is 18.0 Å². The summed E-state index contributed by atoms with van der Waals surface area (Å²) in [5, 5.41) is 21.7. The van der Waals surface area contributed by atoms with E-state index in [4.69, 9.17) is 4.74 Å². The van der Waals surface area contributed by atoms with Crippen molar-refractivity contribution in [1.82, 2.24) is 9.88 Å². The largest absolute Gasteiger partial charge is 0.389 e. The van der Waals surface area contributed by atoms with Crippen LogP contribution in [0.3, 0.4) is 0 Å². The Morgan fingerprint density at radius 2 is 1.94 bits per heavy atom. The molecular formula is C26H34F2N2O3. The normalized spacial score (nSPS) is 52.8. The van der Waals surface area contributed by atoms with Crippen molar-refractivity contribution in [2.75, 3.05) is 14.1 Å². The van der Waals surface area contributed by atoms with E-state index in [1.54, 1.807) is 6.20 Å². The zero-order valence-electron chi connectivity index (χ0n) is 19.6. The Bertz CT molecular complexity index is 1010. The second-order valence-corrected chi connectivity index (χ2v) is 11.7. The van der Waals surface area contributed by atoms with Crippen LogP contribution in [0, 0.1) is 11.3 Å². The van der Waals surface area contributed by atoms with Gasteiger partial charge in [0.05, 0.1) is 6.10 Å². The van der Waals surface area contributed by atoms with Crippen LogP contribution in [0.15, 0.2) is 30.6 Å². The summed E-state index contributed by atoms with van der Waals surface area (Å²) in [5.41, 5.74) is -4.61. The molecule has 5 aliphatic rings. The Balaban J connectivity index is 1.43. The minimum absolute atomic E-state index is 0.107. The first-order valence-corrected chi connectivity index (χ1v) is 12.2. The van der Waals surface area contributed by atoms with Gasteiger partial charge >= 0.3 is 0 Å². The molecule has 5 nitrogen and oxygen atoms in total. The molecule has 1 aromatic rings. The minimum atomic E-state index is -2.31. The van der Waals surface area contributed by atoms with Crippen molar-refractivity contribution in [1.29, 1.82) is 0 Å². The average molecular weight is 461 g/mol. The molecule has 0 amide bonds. The maximum atomic E-state index is 17.0. The van der Waals surface area contributed by atoms with Gasteiger partial charge in [0.15, 0.2) is 5.67 Å². The van der Waals surface area contributed by atoms with Gasteiger partial charge in [-0.15, -0.1) is 0 Å². The fraction of sp³-hybridized carbons (Fsp3) is 0.731. The number of aliphatic hydroxyl groups excluding tert-OH is 2. The molecule has 3 aliphatic carbocycles. The summed E-state index contributed by atoms with van der Waals surface area (Å²) in [7, 11) is 3.63. The lowest BCUT2D eigenvalue weighted by atomic mass is 9.51. The highest BCUT2D eigenvalue weighted by Crippen LogP contribution is 2.74. The fourth-order valence-electron chi connectivity index (χ4n) is 8.50. The van der Waals surface area contributed by atoms with Crippen LogP contribution in [0.4, 0.5) is 8.78 Å². The summed E-state index contributed by atoms with van der Waals surface area (Å²) in [5.74, 6) is -0.107. The molecule has 1 aromatic heterocycles. The topological polar surface area (TPSA) is 65.8 Å². The SMILES string of the molecule is CN(C)[C@H]1C[C@@]23CC[C@]4(O2)C2CC=C(c5cccnc5)[C@@]2(C)CCC4(F)CC3(F)[C@@H](O)[C@@H]1O. The van der Waals surface area contributed by atoms with E-state index in [-0.39, 0.29) is 24.2 Å². The van der Waals surface area contributed by atoms with Crippen molar-refractivity contribution in [3.05, 3.63) is 36.2 Å². The Labute approximate surface area is 193 Å². The lowest BCUT2D eigenvalue weighted by Crippen LogP contribution is -2.78. The number of hydrogen-bond acceptors (Lipinski definition) is 5. The Hall–Kier alpha value is -1.41. The first-order chi connectivity index (χ1) is 15.5. The Morgan fingerprint density at radius 3 is 2.64 bits per heavy atom. The van der Waals surface area contributed by atoms with Crippen molar-refractivity contribution in [3.63, 3.8) is 0 Å². The Morgan fingerprint density at radius 1 is 1.15 bits per heavy atom. The van der Waals surface area contributed by atoms with Crippen LogP contribution in [0.5, 0.6) is 0 Å². The van der Waals surface area contributed by atoms with Crippen molar-refractivity contribution >= 4 is 5.57 Å². The van der Waals surface area contributed by atoms with E-state index in [0.29, 0.717) is 25.7 Å². The van der Waals surface area contributed by atoms with Crippen LogP contribution in [0.1, 0.15) is 57.4 Å². The molecule has 2 bridgehead atoms. The summed E-state index contributed by atoms with van der Waals surface area (Å²) in [6.45, 7) is 2.20. The molecule has 3 heterocycles. The number of alkyl halides is 2. The van der Waals surface area contributed by atoms with Gasteiger partial charge in [0, 0.05) is 30.8 Å². The lowest BCUT2D eigenvalue weighted by Gasteiger charge is -2.65. The molecule has 6 rings (SSSR count). The van der Waals surface area contributed by atoms with E-state index in [9.17, 15) is 10.2 Å². The van der Waals surface area contributed by atoms with Crippen LogP contribution in [-0.2, 0) is 4.74 Å². The number of allylic oxidation sites excluding steroid dienone is 2. The zero-order chi connectivity index (χ0) is 23.4. The number of aromatic nitrogens is 1. The molecule has 9 atom stereocenters. The van der Waals surface area contributed by atoms with Crippen LogP contribution in [-0.4, -0.2) is 75.0 Å². The van der Waals surface area contributed by atoms with Gasteiger partial charge in [-0.25, -0.2) is 8.78 Å². The van der Waals surface area contributed by atoms with Gasteiger partial charge < -0.3 is 19.8 Å². The zero-order valence-corrected chi connectivity index (χ0v) is 19.6. The third-order valence-corrected chi connectivity index (χ3v) is 10.2. The van der Waals surface area contributed by atoms with E-state index >= 15 is 8.78 Å². The van der Waals surface area contributed by atoms with Crippen molar-refractivity contribution in [2.45, 2.75) is 92.7 Å². The monoisotopic (exact) mass is 460 g/mol. The lowest BCUT2D eigenvalue weighted by molar-refractivity contribution is -0.347. The van der Waals surface area contributed by atoms with Gasteiger partial charge in [0.2, 0.25) is 0 Å². The number of aliphatic hydroxyl groups is 2. The van der Waals surface area contributed by atoms with Gasteiger partial charge in [-0.1, -0.05) is 19.1 Å². The van der Waals surface area contributed by atoms with Gasteiger partial charge in [-0.2, -0.15) is 0 Å². The highest BCUT2D eigenvalue weighted by Gasteiger charge is 2.82. The number of ether oxygens (including phenoxy) is 1. The third-order valence-electron chi connectivity index (χ3n) is 10.2.